The van der Waals surface area contributed by atoms with E-state index in [2.05, 4.69) is 31.3 Å². The number of halogens is 1. The number of rotatable bonds is 6. The third kappa shape index (κ3) is 4.23. The van der Waals surface area contributed by atoms with Gasteiger partial charge in [-0.3, -0.25) is 14.8 Å². The molecule has 0 saturated carbocycles. The van der Waals surface area contributed by atoms with E-state index in [1.165, 1.54) is 12.1 Å². The molecular weight excluding hydrogens is 397 g/mol. The monoisotopic (exact) mass is 417 g/mol. The molecule has 0 saturated heterocycles. The molecule has 31 heavy (non-hydrogen) atoms. The Balaban J connectivity index is 1.13. The van der Waals surface area contributed by atoms with E-state index < -0.39 is 0 Å². The van der Waals surface area contributed by atoms with Crippen molar-refractivity contribution in [2.75, 3.05) is 6.54 Å². The predicted octanol–water partition coefficient (Wildman–Crippen LogP) is 3.21. The van der Waals surface area contributed by atoms with Crippen molar-refractivity contribution in [1.29, 1.82) is 0 Å². The van der Waals surface area contributed by atoms with Crippen LogP contribution in [0.25, 0.3) is 22.3 Å². The summed E-state index contributed by atoms with van der Waals surface area (Å²) in [6, 6.07) is 10.3. The van der Waals surface area contributed by atoms with Crippen LogP contribution in [-0.4, -0.2) is 38.5 Å². The Morgan fingerprint density at radius 2 is 2.16 bits per heavy atom. The first-order valence-corrected chi connectivity index (χ1v) is 10.1. The quantitative estimate of drug-likeness (QED) is 0.503. The Morgan fingerprint density at radius 1 is 1.23 bits per heavy atom. The number of nitrogens with zero attached hydrogens (tertiary/aromatic N) is 3. The number of H-pyrrole nitrogens is 1. The number of carbonyl (C=O) groups is 1. The van der Waals surface area contributed by atoms with Gasteiger partial charge in [0.1, 0.15) is 23.5 Å². The van der Waals surface area contributed by atoms with Gasteiger partial charge in [0.05, 0.1) is 29.5 Å². The summed E-state index contributed by atoms with van der Waals surface area (Å²) in [5.74, 6) is 1.10. The van der Waals surface area contributed by atoms with Crippen molar-refractivity contribution in [3.8, 4) is 17.0 Å². The van der Waals surface area contributed by atoms with Gasteiger partial charge in [0.25, 0.3) is 0 Å². The molecule has 0 bridgehead atoms. The summed E-state index contributed by atoms with van der Waals surface area (Å²) < 4.78 is 19.2. The number of imidazole rings is 1. The van der Waals surface area contributed by atoms with Gasteiger partial charge in [0, 0.05) is 37.2 Å². The Bertz CT molecular complexity index is 1240. The summed E-state index contributed by atoms with van der Waals surface area (Å²) in [7, 11) is 0. The first-order valence-electron chi connectivity index (χ1n) is 10.1. The fourth-order valence-corrected chi connectivity index (χ4v) is 3.74. The molecule has 2 aromatic carbocycles. The molecule has 156 valence electrons. The molecule has 8 heteroatoms. The minimum atomic E-state index is -0.318. The number of hydrogen-bond acceptors (Lipinski definition) is 5. The molecule has 1 atom stereocenters. The smallest absolute Gasteiger partial charge is 0.220 e. The number of carbonyl (C=O) groups excluding carboxylic acids is 1. The largest absolute Gasteiger partial charge is 0.488 e. The maximum atomic E-state index is 13.3. The number of fused-ring (bicyclic) bond motifs is 2. The van der Waals surface area contributed by atoms with Crippen molar-refractivity contribution < 1.29 is 13.9 Å². The fraction of sp³-hybridized carbons (Fsp3) is 0.217. The van der Waals surface area contributed by atoms with E-state index in [9.17, 15) is 9.18 Å². The molecule has 2 N–H and O–H groups in total. The molecule has 3 heterocycles. The van der Waals surface area contributed by atoms with Crippen LogP contribution in [0, 0.1) is 5.82 Å². The lowest BCUT2D eigenvalue weighted by Crippen LogP contribution is -2.34. The zero-order valence-electron chi connectivity index (χ0n) is 16.6. The van der Waals surface area contributed by atoms with Gasteiger partial charge in [-0.2, -0.15) is 0 Å². The first kappa shape index (κ1) is 19.2. The van der Waals surface area contributed by atoms with Gasteiger partial charge in [-0.15, -0.1) is 0 Å². The van der Waals surface area contributed by atoms with E-state index in [-0.39, 0.29) is 17.8 Å². The highest BCUT2D eigenvalue weighted by atomic mass is 19.1. The van der Waals surface area contributed by atoms with Crippen LogP contribution in [0.3, 0.4) is 0 Å². The van der Waals surface area contributed by atoms with Crippen molar-refractivity contribution >= 4 is 16.9 Å². The third-order valence-corrected chi connectivity index (χ3v) is 5.27. The maximum Gasteiger partial charge on any atom is 0.220 e. The van der Waals surface area contributed by atoms with Gasteiger partial charge in [-0.05, 0) is 42.0 Å². The second kappa shape index (κ2) is 8.14. The number of aromatic nitrogens is 4. The Morgan fingerprint density at radius 3 is 3.03 bits per heavy atom. The predicted molar refractivity (Wildman–Crippen MR) is 113 cm³/mol. The molecule has 0 radical (unpaired) electrons. The minimum absolute atomic E-state index is 0.0774. The number of nitrogens with one attached hydrogen (secondary N) is 2. The van der Waals surface area contributed by atoms with Gasteiger partial charge in [0.2, 0.25) is 5.91 Å². The second-order valence-electron chi connectivity index (χ2n) is 7.51. The highest BCUT2D eigenvalue weighted by molar-refractivity contribution is 5.77. The van der Waals surface area contributed by atoms with E-state index in [1.807, 2.05) is 12.1 Å². The third-order valence-electron chi connectivity index (χ3n) is 5.27. The van der Waals surface area contributed by atoms with Crippen LogP contribution < -0.4 is 10.1 Å². The molecule has 0 fully saturated rings. The number of amides is 1. The summed E-state index contributed by atoms with van der Waals surface area (Å²) in [4.78, 5) is 28.2. The molecule has 5 rings (SSSR count). The average molecular weight is 417 g/mol. The molecule has 1 amide bonds. The molecule has 1 aliphatic rings. The van der Waals surface area contributed by atoms with Crippen molar-refractivity contribution in [2.45, 2.75) is 25.4 Å². The topological polar surface area (TPSA) is 92.8 Å². The van der Waals surface area contributed by atoms with Gasteiger partial charge >= 0.3 is 0 Å². The van der Waals surface area contributed by atoms with Gasteiger partial charge in [-0.1, -0.05) is 0 Å². The Kier molecular flexibility index (Phi) is 5.03. The van der Waals surface area contributed by atoms with E-state index in [0.717, 1.165) is 29.0 Å². The molecule has 1 aliphatic heterocycles. The number of aromatic amines is 1. The fourth-order valence-electron chi connectivity index (χ4n) is 3.74. The SMILES string of the molecule is O=C(CCc1nc2ccc(F)cc2[nH]1)NCC1Cc2cc(-c3cnccn3)ccc2O1. The molecule has 0 aliphatic carbocycles. The van der Waals surface area contributed by atoms with Crippen LogP contribution in [0.2, 0.25) is 0 Å². The zero-order chi connectivity index (χ0) is 21.2. The number of aryl methyl sites for hydroxylation is 1. The van der Waals surface area contributed by atoms with Crippen LogP contribution in [0.4, 0.5) is 4.39 Å². The number of benzene rings is 2. The normalized spacial score (nSPS) is 14.9. The molecule has 7 nitrogen and oxygen atoms in total. The van der Waals surface area contributed by atoms with E-state index in [4.69, 9.17) is 4.74 Å². The van der Waals surface area contributed by atoms with Crippen molar-refractivity contribution in [3.63, 3.8) is 0 Å². The number of hydrogen-bond donors (Lipinski definition) is 2. The van der Waals surface area contributed by atoms with Crippen LogP contribution in [-0.2, 0) is 17.6 Å². The summed E-state index contributed by atoms with van der Waals surface area (Å²) in [6.07, 6.45) is 6.40. The standard InChI is InChI=1S/C23H20FN5O2/c24-16-2-3-18-19(11-16)29-22(28-18)5-6-23(30)27-12-17-10-15-9-14(1-4-21(15)31-17)20-13-25-7-8-26-20/h1-4,7-9,11,13,17H,5-6,10,12H2,(H,27,30)(H,28,29). The Labute approximate surface area is 177 Å². The van der Waals surface area contributed by atoms with E-state index >= 15 is 0 Å². The van der Waals surface area contributed by atoms with E-state index in [0.29, 0.717) is 36.2 Å². The van der Waals surface area contributed by atoms with Crippen LogP contribution in [0.5, 0.6) is 5.75 Å². The molecule has 4 aromatic rings. The zero-order valence-corrected chi connectivity index (χ0v) is 16.6. The lowest BCUT2D eigenvalue weighted by molar-refractivity contribution is -0.121. The number of ether oxygens (including phenoxy) is 1. The lowest BCUT2D eigenvalue weighted by atomic mass is 10.0. The van der Waals surface area contributed by atoms with Crippen molar-refractivity contribution in [1.82, 2.24) is 25.3 Å². The summed E-state index contributed by atoms with van der Waals surface area (Å²) in [6.45, 7) is 0.430. The highest BCUT2D eigenvalue weighted by Gasteiger charge is 2.24. The van der Waals surface area contributed by atoms with Gasteiger partial charge in [-0.25, -0.2) is 9.37 Å². The Hall–Kier alpha value is -3.81. The minimum Gasteiger partial charge on any atom is -0.488 e. The van der Waals surface area contributed by atoms with Crippen molar-refractivity contribution in [2.24, 2.45) is 0 Å². The first-order chi connectivity index (χ1) is 15.1. The van der Waals surface area contributed by atoms with Crippen LogP contribution in [0.15, 0.2) is 55.0 Å². The van der Waals surface area contributed by atoms with Crippen molar-refractivity contribution in [3.05, 3.63) is 72.2 Å². The van der Waals surface area contributed by atoms with Crippen LogP contribution in [0.1, 0.15) is 17.8 Å². The summed E-state index contributed by atoms with van der Waals surface area (Å²) in [5, 5.41) is 2.93. The van der Waals surface area contributed by atoms with Gasteiger partial charge < -0.3 is 15.0 Å². The molecule has 1 unspecified atom stereocenters. The summed E-state index contributed by atoms with van der Waals surface area (Å²) >= 11 is 0. The molecule has 2 aromatic heterocycles. The maximum absolute atomic E-state index is 13.3. The second-order valence-corrected chi connectivity index (χ2v) is 7.51. The molecular formula is C23H20FN5O2. The molecule has 0 spiro atoms. The van der Waals surface area contributed by atoms with Gasteiger partial charge in [0.15, 0.2) is 0 Å². The average Bonchev–Trinajstić information content (AvgIpc) is 3.39. The summed E-state index contributed by atoms with van der Waals surface area (Å²) in [5.41, 5.74) is 4.22. The van der Waals surface area contributed by atoms with E-state index in [1.54, 1.807) is 24.7 Å². The highest BCUT2D eigenvalue weighted by Crippen LogP contribution is 2.32. The lowest BCUT2D eigenvalue weighted by Gasteiger charge is -2.11. The van der Waals surface area contributed by atoms with Crippen LogP contribution >= 0.6 is 0 Å².